The topological polar surface area (TPSA) is 43.7 Å². The second kappa shape index (κ2) is 10.2. The minimum Gasteiger partial charge on any atom is -0.299 e. The van der Waals surface area contributed by atoms with Crippen LogP contribution in [-0.4, -0.2) is 16.7 Å². The third-order valence-electron chi connectivity index (χ3n) is 5.04. The highest BCUT2D eigenvalue weighted by Crippen LogP contribution is 2.40. The van der Waals surface area contributed by atoms with Crippen molar-refractivity contribution in [3.8, 4) is 5.69 Å². The number of benzene rings is 2. The van der Waals surface area contributed by atoms with Gasteiger partial charge in [-0.15, -0.1) is 0 Å². The Morgan fingerprint density at radius 3 is 2.79 bits per heavy atom. The molecule has 4 rings (SSSR count). The fourth-order valence-corrected chi connectivity index (χ4v) is 3.22. The zero-order valence-corrected chi connectivity index (χ0v) is 17.8. The van der Waals surface area contributed by atoms with Gasteiger partial charge in [0.2, 0.25) is 0 Å². The number of quaternary nitrogens is 1. The molecule has 1 fully saturated rings. The number of hydrogen-bond donors (Lipinski definition) is 1. The maximum absolute atomic E-state index is 4.68. The lowest BCUT2D eigenvalue weighted by Crippen LogP contribution is -2.75. The molecule has 0 aliphatic heterocycles. The number of imidazole rings is 1. The smallest absolute Gasteiger partial charge is 0.121 e. The number of rotatable bonds is 7. The Morgan fingerprint density at radius 1 is 1.28 bits per heavy atom. The summed E-state index contributed by atoms with van der Waals surface area (Å²) in [6, 6.07) is 15.1. The highest BCUT2D eigenvalue weighted by Gasteiger charge is 2.23. The molecule has 1 saturated carbocycles. The van der Waals surface area contributed by atoms with Gasteiger partial charge in [-0.1, -0.05) is 43.7 Å². The normalized spacial score (nSPS) is 13.5. The van der Waals surface area contributed by atoms with Gasteiger partial charge in [0.1, 0.15) is 12.5 Å². The molecule has 3 aromatic rings. The molecule has 29 heavy (non-hydrogen) atoms. The Labute approximate surface area is 173 Å². The monoisotopic (exact) mass is 390 g/mol. The number of allylic oxidation sites excluding steroid dienone is 2. The van der Waals surface area contributed by atoms with E-state index in [9.17, 15) is 0 Å². The first-order valence-corrected chi connectivity index (χ1v) is 10.4. The van der Waals surface area contributed by atoms with Crippen molar-refractivity contribution < 1.29 is 10.3 Å². The van der Waals surface area contributed by atoms with Crippen LogP contribution in [0.2, 0.25) is 0 Å². The van der Waals surface area contributed by atoms with E-state index < -0.39 is 0 Å². The predicted octanol–water partition coefficient (Wildman–Crippen LogP) is 5.36. The largest absolute Gasteiger partial charge is 0.299 e. The molecule has 152 valence electrons. The van der Waals surface area contributed by atoms with Crippen LogP contribution in [0.15, 0.2) is 67.6 Å². The van der Waals surface area contributed by atoms with E-state index in [2.05, 4.69) is 76.4 Å². The Kier molecular flexibility index (Phi) is 7.39. The average molecular weight is 391 g/mol. The van der Waals surface area contributed by atoms with Gasteiger partial charge < -0.3 is 0 Å². The summed E-state index contributed by atoms with van der Waals surface area (Å²) < 4.78 is 2.15. The van der Waals surface area contributed by atoms with Crippen molar-refractivity contribution in [3.05, 3.63) is 78.8 Å². The first kappa shape index (κ1) is 21.0. The summed E-state index contributed by atoms with van der Waals surface area (Å²) in [5, 5.41) is 0. The number of nitrogens with zero attached hydrogens (tertiary/aromatic N) is 2. The van der Waals surface area contributed by atoms with Gasteiger partial charge in [-0.05, 0) is 73.6 Å². The molecule has 0 atom stereocenters. The zero-order chi connectivity index (χ0) is 20.6. The number of hydroxylamine groups is 1. The molecule has 4 heteroatoms. The van der Waals surface area contributed by atoms with Crippen LogP contribution in [0.3, 0.4) is 0 Å². The Bertz CT molecular complexity index is 975. The molecule has 4 nitrogen and oxygen atoms in total. The zero-order valence-electron chi connectivity index (χ0n) is 17.8. The second-order valence-electron chi connectivity index (χ2n) is 7.56. The van der Waals surface area contributed by atoms with Crippen molar-refractivity contribution in [1.29, 1.82) is 0 Å². The van der Waals surface area contributed by atoms with Gasteiger partial charge in [0.15, 0.2) is 0 Å². The quantitative estimate of drug-likeness (QED) is 0.552. The molecule has 1 aliphatic rings. The van der Waals surface area contributed by atoms with Crippen LogP contribution in [-0.2, 0) is 4.84 Å². The summed E-state index contributed by atoms with van der Waals surface area (Å²) in [4.78, 5) is 9.26. The Hall–Kier alpha value is -2.69. The molecule has 1 heterocycles. The van der Waals surface area contributed by atoms with E-state index in [-0.39, 0.29) is 0 Å². The van der Waals surface area contributed by atoms with Crippen LogP contribution in [0.1, 0.15) is 56.6 Å². The lowest BCUT2D eigenvalue weighted by molar-refractivity contribution is -0.842. The third kappa shape index (κ3) is 5.66. The predicted molar refractivity (Wildman–Crippen MR) is 121 cm³/mol. The molecule has 2 N–H and O–H groups in total. The van der Waals surface area contributed by atoms with Crippen LogP contribution in [0.25, 0.3) is 22.3 Å². The third-order valence-corrected chi connectivity index (χ3v) is 5.04. The average Bonchev–Trinajstić information content (AvgIpc) is 3.51. The number of fused-ring (bicyclic) bond motifs is 1. The van der Waals surface area contributed by atoms with Crippen molar-refractivity contribution in [1.82, 2.24) is 9.55 Å². The molecular weight excluding hydrogens is 358 g/mol. The first-order valence-electron chi connectivity index (χ1n) is 10.4. The summed E-state index contributed by atoms with van der Waals surface area (Å²) >= 11 is 0. The van der Waals surface area contributed by atoms with Gasteiger partial charge in [0.25, 0.3) is 0 Å². The molecule has 0 spiro atoms. The number of aromatic nitrogens is 2. The lowest BCUT2D eigenvalue weighted by Gasteiger charge is -2.07. The van der Waals surface area contributed by atoms with E-state index in [0.717, 1.165) is 29.1 Å². The summed E-state index contributed by atoms with van der Waals surface area (Å²) in [6.45, 7) is 8.21. The molecule has 2 aromatic carbocycles. The van der Waals surface area contributed by atoms with Crippen molar-refractivity contribution >= 4 is 16.6 Å². The summed E-state index contributed by atoms with van der Waals surface area (Å²) in [5.74, 6) is 0.770. The minimum absolute atomic E-state index is 0.770. The fraction of sp³-hybridized carbons (Fsp3) is 0.320. The van der Waals surface area contributed by atoms with Crippen molar-refractivity contribution in [2.24, 2.45) is 0 Å². The first-order chi connectivity index (χ1) is 14.1. The molecule has 0 bridgehead atoms. The van der Waals surface area contributed by atoms with Crippen LogP contribution in [0.4, 0.5) is 0 Å². The van der Waals surface area contributed by atoms with Gasteiger partial charge >= 0.3 is 0 Å². The number of unbranched alkanes of at least 4 members (excludes halogenated alkanes) is 1. The van der Waals surface area contributed by atoms with Crippen molar-refractivity contribution in [2.75, 3.05) is 7.11 Å². The molecule has 0 amide bonds. The van der Waals surface area contributed by atoms with Gasteiger partial charge in [-0.3, -0.25) is 4.57 Å². The molecule has 1 aromatic heterocycles. The highest BCUT2D eigenvalue weighted by atomic mass is 16.6. The van der Waals surface area contributed by atoms with E-state index in [0.29, 0.717) is 0 Å². The maximum atomic E-state index is 4.68. The van der Waals surface area contributed by atoms with Crippen LogP contribution in [0, 0.1) is 0 Å². The van der Waals surface area contributed by atoms with Crippen molar-refractivity contribution in [3.63, 3.8) is 0 Å². The Balaban J connectivity index is 0.000000258. The number of nitrogens with two attached hydrogens (primary N) is 1. The van der Waals surface area contributed by atoms with E-state index in [4.69, 9.17) is 0 Å². The molecule has 0 unspecified atom stereocenters. The van der Waals surface area contributed by atoms with Crippen LogP contribution >= 0.6 is 0 Å². The highest BCUT2D eigenvalue weighted by molar-refractivity contribution is 5.79. The standard InChI is InChI=1S/C19H18N2.C6H13NO/c1-13(2)15-4-3-5-17(10-15)21-12-20-18-11-16(14-6-7-14)8-9-19(18)21;1-3-4-5-6-7-8-2/h3-5,8-12,14H,1,6-7H2,2H3;5-7H,3-4H2,1-2H3/p+1/b;6-5-. The van der Waals surface area contributed by atoms with Crippen molar-refractivity contribution in [2.45, 2.75) is 45.4 Å². The molecule has 0 saturated heterocycles. The van der Waals surface area contributed by atoms with E-state index >= 15 is 0 Å². The fourth-order valence-electron chi connectivity index (χ4n) is 3.22. The van der Waals surface area contributed by atoms with Crippen LogP contribution in [0.5, 0.6) is 0 Å². The van der Waals surface area contributed by atoms with E-state index in [1.54, 1.807) is 12.6 Å². The molecule has 0 radical (unpaired) electrons. The maximum Gasteiger partial charge on any atom is 0.121 e. The minimum atomic E-state index is 0.770. The SMILES string of the molecule is C=C(C)c1cccc(-n2cnc3cc(C4CC4)ccc32)c1.CCC/C=C\[NH2+]OC. The Morgan fingerprint density at radius 2 is 2.10 bits per heavy atom. The summed E-state index contributed by atoms with van der Waals surface area (Å²) in [7, 11) is 1.65. The number of hydrogen-bond acceptors (Lipinski definition) is 2. The van der Waals surface area contributed by atoms with Gasteiger partial charge in [0.05, 0.1) is 18.1 Å². The van der Waals surface area contributed by atoms with E-state index in [1.807, 2.05) is 19.5 Å². The summed E-state index contributed by atoms with van der Waals surface area (Å²) in [5.41, 5.74) is 8.75. The molecule has 1 aliphatic carbocycles. The molecular formula is C25H32N3O+. The second-order valence-corrected chi connectivity index (χ2v) is 7.56. The van der Waals surface area contributed by atoms with Gasteiger partial charge in [-0.25, -0.2) is 9.82 Å². The van der Waals surface area contributed by atoms with Gasteiger partial charge in [-0.2, -0.15) is 5.48 Å². The van der Waals surface area contributed by atoms with Crippen LogP contribution < -0.4 is 5.48 Å². The summed E-state index contributed by atoms with van der Waals surface area (Å²) in [6.07, 6.45) is 10.9. The lowest BCUT2D eigenvalue weighted by atomic mass is 10.1. The van der Waals surface area contributed by atoms with E-state index in [1.165, 1.54) is 35.9 Å². The van der Waals surface area contributed by atoms with Gasteiger partial charge in [0, 0.05) is 5.69 Å².